The van der Waals surface area contributed by atoms with Crippen molar-refractivity contribution in [1.82, 2.24) is 0 Å². The highest BCUT2D eigenvalue weighted by Crippen LogP contribution is 2.23. The molecule has 0 bridgehead atoms. The van der Waals surface area contributed by atoms with Crippen LogP contribution in [0, 0.1) is 0 Å². The highest BCUT2D eigenvalue weighted by molar-refractivity contribution is 7.99. The fourth-order valence-corrected chi connectivity index (χ4v) is 2.55. The summed E-state index contributed by atoms with van der Waals surface area (Å²) in [6, 6.07) is 10.6. The second kappa shape index (κ2) is 6.91. The summed E-state index contributed by atoms with van der Waals surface area (Å²) in [5, 5.41) is 0.739. The zero-order valence-corrected chi connectivity index (χ0v) is 10.5. The van der Waals surface area contributed by atoms with Crippen molar-refractivity contribution in [3.05, 3.63) is 35.9 Å². The van der Waals surface area contributed by atoms with Crippen molar-refractivity contribution in [2.75, 3.05) is 12.3 Å². The molecule has 15 heavy (non-hydrogen) atoms. The van der Waals surface area contributed by atoms with Crippen LogP contribution >= 0.6 is 11.8 Å². The summed E-state index contributed by atoms with van der Waals surface area (Å²) in [5.41, 5.74) is 7.19. The van der Waals surface area contributed by atoms with Gasteiger partial charge in [-0.1, -0.05) is 44.2 Å². The molecule has 2 heteroatoms. The van der Waals surface area contributed by atoms with E-state index in [1.54, 1.807) is 0 Å². The molecule has 0 saturated heterocycles. The topological polar surface area (TPSA) is 26.0 Å². The zero-order valence-electron chi connectivity index (χ0n) is 9.65. The van der Waals surface area contributed by atoms with Gasteiger partial charge in [-0.25, -0.2) is 0 Å². The second-order valence-corrected chi connectivity index (χ2v) is 5.37. The molecule has 0 aromatic heterocycles. The number of nitrogens with two attached hydrogens (primary N) is 1. The molecule has 0 aliphatic carbocycles. The molecule has 1 aromatic carbocycles. The van der Waals surface area contributed by atoms with E-state index in [-0.39, 0.29) is 0 Å². The maximum Gasteiger partial charge on any atom is 0.00520 e. The van der Waals surface area contributed by atoms with Gasteiger partial charge in [-0.2, -0.15) is 11.8 Å². The molecule has 1 aromatic rings. The third-order valence-corrected chi connectivity index (χ3v) is 4.21. The van der Waals surface area contributed by atoms with Crippen molar-refractivity contribution >= 4 is 11.8 Å². The predicted molar refractivity (Wildman–Crippen MR) is 70.4 cm³/mol. The molecule has 2 unspecified atom stereocenters. The lowest BCUT2D eigenvalue weighted by molar-refractivity contribution is 0.780. The number of hydrogen-bond donors (Lipinski definition) is 1. The third-order valence-electron chi connectivity index (χ3n) is 2.71. The van der Waals surface area contributed by atoms with Gasteiger partial charge in [0.15, 0.2) is 0 Å². The molecule has 0 radical (unpaired) electrons. The molecule has 0 aliphatic rings. The lowest BCUT2D eigenvalue weighted by Crippen LogP contribution is -2.15. The molecule has 0 saturated carbocycles. The SMILES string of the molecule is CCC(C)SCC(CN)c1ccccc1. The predicted octanol–water partition coefficient (Wildman–Crippen LogP) is 3.26. The smallest absolute Gasteiger partial charge is 0.00520 e. The Hall–Kier alpha value is -0.470. The molecule has 0 fully saturated rings. The first kappa shape index (κ1) is 12.6. The van der Waals surface area contributed by atoms with Gasteiger partial charge in [-0.15, -0.1) is 0 Å². The minimum atomic E-state index is 0.505. The lowest BCUT2D eigenvalue weighted by atomic mass is 10.0. The highest BCUT2D eigenvalue weighted by Gasteiger charge is 2.10. The van der Waals surface area contributed by atoms with Crippen molar-refractivity contribution in [3.63, 3.8) is 0 Å². The fraction of sp³-hybridized carbons (Fsp3) is 0.538. The van der Waals surface area contributed by atoms with Gasteiger partial charge in [0.2, 0.25) is 0 Å². The Balaban J connectivity index is 2.50. The molecule has 0 heterocycles. The van der Waals surface area contributed by atoms with Crippen molar-refractivity contribution in [1.29, 1.82) is 0 Å². The van der Waals surface area contributed by atoms with Gasteiger partial charge in [-0.05, 0) is 18.5 Å². The van der Waals surface area contributed by atoms with Crippen molar-refractivity contribution < 1.29 is 0 Å². The van der Waals surface area contributed by atoms with E-state index in [1.165, 1.54) is 12.0 Å². The van der Waals surface area contributed by atoms with E-state index >= 15 is 0 Å². The van der Waals surface area contributed by atoms with Gasteiger partial charge in [-0.3, -0.25) is 0 Å². The highest BCUT2D eigenvalue weighted by atomic mass is 32.2. The molecular formula is C13H21NS. The van der Waals surface area contributed by atoms with Crippen LogP contribution in [-0.4, -0.2) is 17.5 Å². The van der Waals surface area contributed by atoms with E-state index in [4.69, 9.17) is 5.73 Å². The number of benzene rings is 1. The summed E-state index contributed by atoms with van der Waals surface area (Å²) in [6.45, 7) is 5.26. The summed E-state index contributed by atoms with van der Waals surface area (Å²) < 4.78 is 0. The van der Waals surface area contributed by atoms with Crippen LogP contribution < -0.4 is 5.73 Å². The molecule has 1 rings (SSSR count). The average molecular weight is 223 g/mol. The fourth-order valence-electron chi connectivity index (χ4n) is 1.42. The van der Waals surface area contributed by atoms with E-state index in [0.29, 0.717) is 5.92 Å². The summed E-state index contributed by atoms with van der Waals surface area (Å²) in [7, 11) is 0. The first-order chi connectivity index (χ1) is 7.27. The van der Waals surface area contributed by atoms with Crippen LogP contribution in [0.4, 0.5) is 0 Å². The third kappa shape index (κ3) is 4.27. The van der Waals surface area contributed by atoms with Gasteiger partial charge in [0.1, 0.15) is 0 Å². The number of thioether (sulfide) groups is 1. The van der Waals surface area contributed by atoms with E-state index in [2.05, 4.69) is 44.2 Å². The van der Waals surface area contributed by atoms with Crippen molar-refractivity contribution in [3.8, 4) is 0 Å². The second-order valence-electron chi connectivity index (χ2n) is 3.90. The maximum atomic E-state index is 5.82. The molecule has 2 N–H and O–H groups in total. The zero-order chi connectivity index (χ0) is 11.1. The van der Waals surface area contributed by atoms with Gasteiger partial charge < -0.3 is 5.73 Å². The molecule has 2 atom stereocenters. The summed E-state index contributed by atoms with van der Waals surface area (Å²) in [4.78, 5) is 0. The monoisotopic (exact) mass is 223 g/mol. The molecular weight excluding hydrogens is 202 g/mol. The minimum Gasteiger partial charge on any atom is -0.330 e. The summed E-state index contributed by atoms with van der Waals surface area (Å²) in [6.07, 6.45) is 1.23. The number of hydrogen-bond acceptors (Lipinski definition) is 2. The molecule has 0 aliphatic heterocycles. The number of rotatable bonds is 6. The first-order valence-corrected chi connectivity index (χ1v) is 6.69. The molecule has 0 amide bonds. The van der Waals surface area contributed by atoms with E-state index in [1.807, 2.05) is 11.8 Å². The van der Waals surface area contributed by atoms with E-state index < -0.39 is 0 Å². The Morgan fingerprint density at radius 3 is 2.47 bits per heavy atom. The van der Waals surface area contributed by atoms with Crippen molar-refractivity contribution in [2.24, 2.45) is 5.73 Å². The largest absolute Gasteiger partial charge is 0.330 e. The van der Waals surface area contributed by atoms with Gasteiger partial charge in [0.25, 0.3) is 0 Å². The molecule has 84 valence electrons. The first-order valence-electron chi connectivity index (χ1n) is 5.64. The van der Waals surface area contributed by atoms with Gasteiger partial charge in [0, 0.05) is 16.9 Å². The van der Waals surface area contributed by atoms with Crippen LogP contribution in [0.15, 0.2) is 30.3 Å². The maximum absolute atomic E-state index is 5.82. The molecule has 1 nitrogen and oxygen atoms in total. The Labute approximate surface area is 97.4 Å². The summed E-state index contributed by atoms with van der Waals surface area (Å²) in [5.74, 6) is 1.64. The van der Waals surface area contributed by atoms with Crippen LogP contribution in [0.1, 0.15) is 31.7 Å². The molecule has 0 spiro atoms. The quantitative estimate of drug-likeness (QED) is 0.801. The van der Waals surface area contributed by atoms with Crippen molar-refractivity contribution in [2.45, 2.75) is 31.4 Å². The Morgan fingerprint density at radius 1 is 1.27 bits per heavy atom. The lowest BCUT2D eigenvalue weighted by Gasteiger charge is -2.17. The van der Waals surface area contributed by atoms with Crippen LogP contribution in [-0.2, 0) is 0 Å². The van der Waals surface area contributed by atoms with Gasteiger partial charge >= 0.3 is 0 Å². The average Bonchev–Trinajstić information content (AvgIpc) is 2.31. The normalized spacial score (nSPS) is 14.9. The van der Waals surface area contributed by atoms with Crippen LogP contribution in [0.5, 0.6) is 0 Å². The standard InChI is InChI=1S/C13H21NS/c1-3-11(2)15-10-13(9-14)12-7-5-4-6-8-12/h4-8,11,13H,3,9-10,14H2,1-2H3. The minimum absolute atomic E-state index is 0.505. The Bertz CT molecular complexity index is 260. The van der Waals surface area contributed by atoms with Crippen LogP contribution in [0.25, 0.3) is 0 Å². The van der Waals surface area contributed by atoms with Crippen LogP contribution in [0.3, 0.4) is 0 Å². The Kier molecular flexibility index (Phi) is 5.81. The Morgan fingerprint density at radius 2 is 1.93 bits per heavy atom. The van der Waals surface area contributed by atoms with E-state index in [0.717, 1.165) is 17.5 Å². The summed E-state index contributed by atoms with van der Waals surface area (Å²) >= 11 is 2.02. The van der Waals surface area contributed by atoms with Crippen LogP contribution in [0.2, 0.25) is 0 Å². The van der Waals surface area contributed by atoms with E-state index in [9.17, 15) is 0 Å². The van der Waals surface area contributed by atoms with Gasteiger partial charge in [0.05, 0.1) is 0 Å².